The van der Waals surface area contributed by atoms with Gasteiger partial charge in [0.25, 0.3) is 0 Å². The number of para-hydroxylation sites is 2. The Kier molecular flexibility index (Phi) is 4.87. The third kappa shape index (κ3) is 3.90. The third-order valence-electron chi connectivity index (χ3n) is 3.40. The molecule has 25 heavy (non-hydrogen) atoms. The van der Waals surface area contributed by atoms with Crippen LogP contribution in [0.5, 0.6) is 11.5 Å². The van der Waals surface area contributed by atoms with Gasteiger partial charge in [-0.1, -0.05) is 48.5 Å². The number of amides is 1. The SMILES string of the molecule is NC(=O)c1ccccc1P(=O)(Oc1ccccc1)Oc1ccccc1. The minimum Gasteiger partial charge on any atom is -0.413 e. The second-order valence-corrected chi connectivity index (χ2v) is 7.03. The third-order valence-corrected chi connectivity index (χ3v) is 5.28. The predicted octanol–water partition coefficient (Wildman–Crippen LogP) is 3.76. The Morgan fingerprint density at radius 3 is 1.64 bits per heavy atom. The molecule has 0 fully saturated rings. The molecule has 0 aliphatic carbocycles. The van der Waals surface area contributed by atoms with E-state index in [-0.39, 0.29) is 10.9 Å². The van der Waals surface area contributed by atoms with Crippen LogP contribution in [0.1, 0.15) is 10.4 Å². The second-order valence-electron chi connectivity index (χ2n) is 5.19. The first kappa shape index (κ1) is 16.8. The van der Waals surface area contributed by atoms with E-state index in [9.17, 15) is 9.36 Å². The quantitative estimate of drug-likeness (QED) is 0.685. The van der Waals surface area contributed by atoms with Gasteiger partial charge in [-0.05, 0) is 36.4 Å². The van der Waals surface area contributed by atoms with Crippen LogP contribution in [0, 0.1) is 0 Å². The van der Waals surface area contributed by atoms with E-state index in [1.165, 1.54) is 12.1 Å². The Bertz CT molecular complexity index is 867. The zero-order chi connectivity index (χ0) is 17.7. The van der Waals surface area contributed by atoms with Crippen LogP contribution < -0.4 is 20.1 Å². The first-order valence-corrected chi connectivity index (χ1v) is 9.11. The summed E-state index contributed by atoms with van der Waals surface area (Å²) in [6.45, 7) is 0. The second kappa shape index (κ2) is 7.24. The molecule has 3 rings (SSSR count). The van der Waals surface area contributed by atoms with Crippen LogP contribution in [0.25, 0.3) is 0 Å². The lowest BCUT2D eigenvalue weighted by Crippen LogP contribution is -2.25. The zero-order valence-electron chi connectivity index (χ0n) is 13.2. The average Bonchev–Trinajstić information content (AvgIpc) is 2.63. The molecule has 3 aromatic rings. The van der Waals surface area contributed by atoms with Gasteiger partial charge in [-0.2, -0.15) is 0 Å². The molecule has 0 spiro atoms. The molecule has 0 aromatic heterocycles. The number of primary amides is 1. The number of benzene rings is 3. The minimum atomic E-state index is -3.91. The summed E-state index contributed by atoms with van der Waals surface area (Å²) >= 11 is 0. The van der Waals surface area contributed by atoms with Crippen molar-refractivity contribution in [2.24, 2.45) is 5.73 Å². The van der Waals surface area contributed by atoms with Crippen LogP contribution >= 0.6 is 7.60 Å². The van der Waals surface area contributed by atoms with Crippen LogP contribution in [0.2, 0.25) is 0 Å². The average molecular weight is 353 g/mol. The van der Waals surface area contributed by atoms with Gasteiger partial charge < -0.3 is 14.8 Å². The summed E-state index contributed by atoms with van der Waals surface area (Å²) in [5, 5.41) is 0.121. The molecule has 2 N–H and O–H groups in total. The Balaban J connectivity index is 2.09. The molecule has 0 aliphatic heterocycles. The van der Waals surface area contributed by atoms with Gasteiger partial charge in [0.2, 0.25) is 5.91 Å². The van der Waals surface area contributed by atoms with E-state index >= 15 is 0 Å². The van der Waals surface area contributed by atoms with Gasteiger partial charge in [0, 0.05) is 0 Å². The van der Waals surface area contributed by atoms with Crippen molar-refractivity contribution >= 4 is 18.8 Å². The Morgan fingerprint density at radius 2 is 1.16 bits per heavy atom. The number of hydrogen-bond donors (Lipinski definition) is 1. The van der Waals surface area contributed by atoms with Gasteiger partial charge in [-0.25, -0.2) is 4.57 Å². The van der Waals surface area contributed by atoms with Crippen molar-refractivity contribution in [3.8, 4) is 11.5 Å². The van der Waals surface area contributed by atoms with Crippen LogP contribution in [-0.4, -0.2) is 5.91 Å². The molecule has 0 radical (unpaired) electrons. The van der Waals surface area contributed by atoms with Crippen LogP contribution in [0.15, 0.2) is 84.9 Å². The molecule has 0 heterocycles. The Morgan fingerprint density at radius 1 is 0.720 bits per heavy atom. The molecule has 5 nitrogen and oxygen atoms in total. The van der Waals surface area contributed by atoms with Gasteiger partial charge >= 0.3 is 7.60 Å². The van der Waals surface area contributed by atoms with Crippen molar-refractivity contribution in [2.45, 2.75) is 0 Å². The topological polar surface area (TPSA) is 78.6 Å². The monoisotopic (exact) mass is 353 g/mol. The van der Waals surface area contributed by atoms with E-state index in [1.807, 2.05) is 12.1 Å². The number of nitrogens with two attached hydrogens (primary N) is 1. The summed E-state index contributed by atoms with van der Waals surface area (Å²) < 4.78 is 25.0. The van der Waals surface area contributed by atoms with E-state index < -0.39 is 13.5 Å². The van der Waals surface area contributed by atoms with E-state index in [1.54, 1.807) is 60.7 Å². The van der Waals surface area contributed by atoms with E-state index in [0.29, 0.717) is 11.5 Å². The van der Waals surface area contributed by atoms with Crippen molar-refractivity contribution in [1.82, 2.24) is 0 Å². The molecule has 6 heteroatoms. The highest BCUT2D eigenvalue weighted by atomic mass is 31.2. The lowest BCUT2D eigenvalue weighted by Gasteiger charge is -2.21. The van der Waals surface area contributed by atoms with Crippen molar-refractivity contribution in [3.05, 3.63) is 90.5 Å². The number of rotatable bonds is 6. The van der Waals surface area contributed by atoms with Gasteiger partial charge in [-0.3, -0.25) is 4.79 Å². The number of carbonyl (C=O) groups excluding carboxylic acids is 1. The predicted molar refractivity (Wildman–Crippen MR) is 96.3 cm³/mol. The molecule has 0 bridgehead atoms. The highest BCUT2D eigenvalue weighted by molar-refractivity contribution is 7.63. The maximum atomic E-state index is 13.6. The summed E-state index contributed by atoms with van der Waals surface area (Å²) in [5.41, 5.74) is 5.52. The molecule has 0 saturated heterocycles. The smallest absolute Gasteiger partial charge is 0.413 e. The molecule has 0 aliphatic rings. The van der Waals surface area contributed by atoms with Crippen LogP contribution in [-0.2, 0) is 4.57 Å². The van der Waals surface area contributed by atoms with Crippen LogP contribution in [0.3, 0.4) is 0 Å². The molecule has 126 valence electrons. The highest BCUT2D eigenvalue weighted by Crippen LogP contribution is 2.48. The first-order valence-electron chi connectivity index (χ1n) is 7.57. The van der Waals surface area contributed by atoms with Gasteiger partial charge in [0.1, 0.15) is 16.8 Å². The fourth-order valence-corrected chi connectivity index (χ4v) is 4.06. The zero-order valence-corrected chi connectivity index (χ0v) is 14.1. The minimum absolute atomic E-state index is 0.0951. The fourth-order valence-electron chi connectivity index (χ4n) is 2.28. The maximum absolute atomic E-state index is 13.6. The summed E-state index contributed by atoms with van der Waals surface area (Å²) in [5.74, 6) is 0.0197. The maximum Gasteiger partial charge on any atom is 0.463 e. The standard InChI is InChI=1S/C19H16NO4P/c20-19(21)17-13-7-8-14-18(17)25(22,23-15-9-3-1-4-10-15)24-16-11-5-2-6-12-16/h1-14H,(H2,20,21). The molecule has 0 unspecified atom stereocenters. The summed E-state index contributed by atoms with van der Waals surface area (Å²) in [4.78, 5) is 11.8. The molecule has 1 amide bonds. The van der Waals surface area contributed by atoms with Crippen molar-refractivity contribution in [3.63, 3.8) is 0 Å². The van der Waals surface area contributed by atoms with Gasteiger partial charge in [0.15, 0.2) is 0 Å². The first-order chi connectivity index (χ1) is 12.1. The lowest BCUT2D eigenvalue weighted by atomic mass is 10.2. The lowest BCUT2D eigenvalue weighted by molar-refractivity contribution is 0.100. The summed E-state index contributed by atoms with van der Waals surface area (Å²) in [6, 6.07) is 23.6. The van der Waals surface area contributed by atoms with Crippen molar-refractivity contribution < 1.29 is 18.4 Å². The molecule has 0 saturated carbocycles. The van der Waals surface area contributed by atoms with E-state index in [2.05, 4.69) is 0 Å². The highest BCUT2D eigenvalue weighted by Gasteiger charge is 2.35. The molecule has 3 aromatic carbocycles. The van der Waals surface area contributed by atoms with E-state index in [4.69, 9.17) is 14.8 Å². The number of hydrogen-bond acceptors (Lipinski definition) is 4. The van der Waals surface area contributed by atoms with E-state index in [0.717, 1.165) is 0 Å². The molecule has 0 atom stereocenters. The van der Waals surface area contributed by atoms with Crippen LogP contribution in [0.4, 0.5) is 0 Å². The Hall–Kier alpha value is -3.04. The molecular weight excluding hydrogens is 337 g/mol. The van der Waals surface area contributed by atoms with Gasteiger partial charge in [-0.15, -0.1) is 0 Å². The Labute approximate surface area is 145 Å². The fraction of sp³-hybridized carbons (Fsp3) is 0. The molecular formula is C19H16NO4P. The van der Waals surface area contributed by atoms with Crippen molar-refractivity contribution in [2.75, 3.05) is 0 Å². The summed E-state index contributed by atoms with van der Waals surface area (Å²) in [6.07, 6.45) is 0. The largest absolute Gasteiger partial charge is 0.463 e. The number of carbonyl (C=O) groups is 1. The van der Waals surface area contributed by atoms with Gasteiger partial charge in [0.05, 0.1) is 5.56 Å². The normalized spacial score (nSPS) is 10.9. The van der Waals surface area contributed by atoms with Crippen molar-refractivity contribution in [1.29, 1.82) is 0 Å². The summed E-state index contributed by atoms with van der Waals surface area (Å²) in [7, 11) is -3.91.